The zero-order valence-corrected chi connectivity index (χ0v) is 23.7. The van der Waals surface area contributed by atoms with Crippen LogP contribution in [0, 0.1) is 0 Å². The van der Waals surface area contributed by atoms with Crippen molar-refractivity contribution >= 4 is 43.9 Å². The molecule has 3 heteroatoms. The van der Waals surface area contributed by atoms with Gasteiger partial charge < -0.3 is 8.83 Å². The van der Waals surface area contributed by atoms with Gasteiger partial charge in [-0.3, -0.25) is 0 Å². The zero-order chi connectivity index (χ0) is 29.0. The molecule has 9 rings (SSSR count). The number of nitrogens with zero attached hydrogens (tertiary/aromatic N) is 1. The first kappa shape index (κ1) is 24.6. The molecule has 0 N–H and O–H groups in total. The highest BCUT2D eigenvalue weighted by molar-refractivity contribution is 6.28. The fraction of sp³-hybridized carbons (Fsp3) is 0. The molecule has 0 bridgehead atoms. The van der Waals surface area contributed by atoms with Gasteiger partial charge in [-0.25, -0.2) is 4.98 Å². The van der Waals surface area contributed by atoms with Gasteiger partial charge in [-0.05, 0) is 47.0 Å². The van der Waals surface area contributed by atoms with E-state index in [9.17, 15) is 0 Å². The quantitative estimate of drug-likeness (QED) is 0.214. The van der Waals surface area contributed by atoms with Crippen LogP contribution in [0.4, 0.5) is 0 Å². The van der Waals surface area contributed by atoms with Gasteiger partial charge in [-0.15, -0.1) is 0 Å². The van der Waals surface area contributed by atoms with E-state index in [1.165, 1.54) is 0 Å². The van der Waals surface area contributed by atoms with E-state index in [-0.39, 0.29) is 0 Å². The number of para-hydroxylation sites is 2. The Hall–Kier alpha value is -5.93. The number of fused-ring (bicyclic) bond motifs is 7. The van der Waals surface area contributed by atoms with Crippen LogP contribution in [0.1, 0.15) is 0 Å². The average Bonchev–Trinajstić information content (AvgIpc) is 3.67. The molecule has 3 nitrogen and oxygen atoms in total. The minimum absolute atomic E-state index is 0.856. The molecule has 0 amide bonds. The van der Waals surface area contributed by atoms with Gasteiger partial charge in [0.15, 0.2) is 0 Å². The number of pyridine rings is 1. The van der Waals surface area contributed by atoms with E-state index in [4.69, 9.17) is 13.8 Å². The summed E-state index contributed by atoms with van der Waals surface area (Å²) < 4.78 is 12.9. The molecule has 9 aromatic rings. The van der Waals surface area contributed by atoms with E-state index >= 15 is 0 Å². The molecule has 0 atom stereocenters. The van der Waals surface area contributed by atoms with Crippen LogP contribution in [-0.2, 0) is 0 Å². The molecule has 0 saturated heterocycles. The van der Waals surface area contributed by atoms with Crippen LogP contribution < -0.4 is 0 Å². The van der Waals surface area contributed by atoms with Crippen LogP contribution >= 0.6 is 0 Å². The van der Waals surface area contributed by atoms with Crippen molar-refractivity contribution in [2.75, 3.05) is 0 Å². The summed E-state index contributed by atoms with van der Waals surface area (Å²) in [6.07, 6.45) is 0. The van der Waals surface area contributed by atoms with Gasteiger partial charge in [0.1, 0.15) is 22.3 Å². The number of hydrogen-bond acceptors (Lipinski definition) is 3. The summed E-state index contributed by atoms with van der Waals surface area (Å²) in [5.41, 5.74) is 11.9. The van der Waals surface area contributed by atoms with Crippen molar-refractivity contribution in [1.82, 2.24) is 4.98 Å². The standard InChI is InChI=1S/C41H25NO2/c1-3-11-26(12-4-1)30-23-34(28-13-5-2-6-14-28)42-35(24-30)29-21-19-27(20-22-29)33-25-38-39(31-15-7-9-17-36(31)43-38)40-32-16-8-10-18-37(32)44-41(33)40/h1-25H. The molecule has 0 fully saturated rings. The lowest BCUT2D eigenvalue weighted by Crippen LogP contribution is -1.91. The molecule has 0 aliphatic carbocycles. The predicted molar refractivity (Wildman–Crippen MR) is 181 cm³/mol. The highest BCUT2D eigenvalue weighted by atomic mass is 16.3. The van der Waals surface area contributed by atoms with Crippen LogP contribution in [0.3, 0.4) is 0 Å². The molecule has 0 aliphatic rings. The van der Waals surface area contributed by atoms with E-state index in [2.05, 4.69) is 115 Å². The van der Waals surface area contributed by atoms with Crippen molar-refractivity contribution in [2.24, 2.45) is 0 Å². The number of aromatic nitrogens is 1. The van der Waals surface area contributed by atoms with Crippen LogP contribution in [0.25, 0.3) is 88.6 Å². The number of furan rings is 2. The molecular formula is C41H25NO2. The summed E-state index contributed by atoms with van der Waals surface area (Å²) in [6, 6.07) is 52.4. The molecule has 206 valence electrons. The molecule has 3 heterocycles. The number of benzene rings is 6. The summed E-state index contributed by atoms with van der Waals surface area (Å²) in [5.74, 6) is 0. The van der Waals surface area contributed by atoms with E-state index < -0.39 is 0 Å². The first-order valence-corrected chi connectivity index (χ1v) is 14.8. The van der Waals surface area contributed by atoms with Gasteiger partial charge in [0, 0.05) is 38.2 Å². The Morgan fingerprint density at radius 3 is 1.57 bits per heavy atom. The summed E-state index contributed by atoms with van der Waals surface area (Å²) in [5, 5.41) is 4.37. The highest BCUT2D eigenvalue weighted by Gasteiger charge is 2.20. The van der Waals surface area contributed by atoms with E-state index in [1.807, 2.05) is 36.4 Å². The minimum atomic E-state index is 0.856. The minimum Gasteiger partial charge on any atom is -0.456 e. The average molecular weight is 564 g/mol. The molecule has 44 heavy (non-hydrogen) atoms. The molecule has 0 aliphatic heterocycles. The Labute approximate surface area is 253 Å². The smallest absolute Gasteiger partial charge is 0.144 e. The van der Waals surface area contributed by atoms with Crippen LogP contribution in [0.15, 0.2) is 160 Å². The van der Waals surface area contributed by atoms with Gasteiger partial charge in [0.25, 0.3) is 0 Å². The Kier molecular flexibility index (Phi) is 5.50. The lowest BCUT2D eigenvalue weighted by atomic mass is 9.96. The third kappa shape index (κ3) is 3.94. The van der Waals surface area contributed by atoms with E-state index in [0.717, 1.165) is 88.6 Å². The third-order valence-electron chi connectivity index (χ3n) is 8.48. The van der Waals surface area contributed by atoms with Gasteiger partial charge in [-0.1, -0.05) is 121 Å². The van der Waals surface area contributed by atoms with Crippen molar-refractivity contribution < 1.29 is 8.83 Å². The molecule has 0 saturated carbocycles. The largest absolute Gasteiger partial charge is 0.456 e. The fourth-order valence-corrected chi connectivity index (χ4v) is 6.37. The van der Waals surface area contributed by atoms with E-state index in [1.54, 1.807) is 0 Å². The zero-order valence-electron chi connectivity index (χ0n) is 23.7. The van der Waals surface area contributed by atoms with Crippen molar-refractivity contribution in [3.63, 3.8) is 0 Å². The maximum atomic E-state index is 6.55. The second-order valence-corrected chi connectivity index (χ2v) is 11.1. The van der Waals surface area contributed by atoms with E-state index in [0.29, 0.717) is 0 Å². The second-order valence-electron chi connectivity index (χ2n) is 11.1. The summed E-state index contributed by atoms with van der Waals surface area (Å²) in [6.45, 7) is 0. The normalized spacial score (nSPS) is 11.6. The Balaban J connectivity index is 1.22. The third-order valence-corrected chi connectivity index (χ3v) is 8.48. The Bertz CT molecular complexity index is 2410. The topological polar surface area (TPSA) is 39.2 Å². The van der Waals surface area contributed by atoms with Crippen molar-refractivity contribution in [3.05, 3.63) is 152 Å². The monoisotopic (exact) mass is 563 g/mol. The molecule has 0 radical (unpaired) electrons. The van der Waals surface area contributed by atoms with Crippen molar-refractivity contribution in [1.29, 1.82) is 0 Å². The van der Waals surface area contributed by atoms with Gasteiger partial charge in [0.2, 0.25) is 0 Å². The maximum absolute atomic E-state index is 6.55. The Morgan fingerprint density at radius 2 is 0.886 bits per heavy atom. The SMILES string of the molecule is c1ccc(-c2cc(-c3ccccc3)nc(-c3ccc(-c4cc5oc6ccccc6c5c5c4oc4ccccc45)cc3)c2)cc1. The van der Waals surface area contributed by atoms with Crippen LogP contribution in [0.5, 0.6) is 0 Å². The first-order chi connectivity index (χ1) is 21.8. The summed E-state index contributed by atoms with van der Waals surface area (Å²) >= 11 is 0. The van der Waals surface area contributed by atoms with Crippen LogP contribution in [-0.4, -0.2) is 4.98 Å². The van der Waals surface area contributed by atoms with Gasteiger partial charge in [0.05, 0.1) is 11.4 Å². The van der Waals surface area contributed by atoms with Crippen LogP contribution in [0.2, 0.25) is 0 Å². The summed E-state index contributed by atoms with van der Waals surface area (Å²) in [4.78, 5) is 5.11. The number of hydrogen-bond donors (Lipinski definition) is 0. The molecule has 0 spiro atoms. The lowest BCUT2D eigenvalue weighted by Gasteiger charge is -2.11. The lowest BCUT2D eigenvalue weighted by molar-refractivity contribution is 0.664. The highest BCUT2D eigenvalue weighted by Crippen LogP contribution is 2.44. The van der Waals surface area contributed by atoms with Gasteiger partial charge >= 0.3 is 0 Å². The summed E-state index contributed by atoms with van der Waals surface area (Å²) in [7, 11) is 0. The Morgan fingerprint density at radius 1 is 0.364 bits per heavy atom. The first-order valence-electron chi connectivity index (χ1n) is 14.8. The van der Waals surface area contributed by atoms with Crippen molar-refractivity contribution in [2.45, 2.75) is 0 Å². The number of rotatable bonds is 4. The fourth-order valence-electron chi connectivity index (χ4n) is 6.37. The second kappa shape index (κ2) is 9.82. The molecule has 3 aromatic heterocycles. The maximum Gasteiger partial charge on any atom is 0.144 e. The molecule has 6 aromatic carbocycles. The molecule has 0 unspecified atom stereocenters. The van der Waals surface area contributed by atoms with Crippen molar-refractivity contribution in [3.8, 4) is 44.8 Å². The van der Waals surface area contributed by atoms with Gasteiger partial charge in [-0.2, -0.15) is 0 Å². The molecular weight excluding hydrogens is 538 g/mol. The predicted octanol–water partition coefficient (Wildman–Crippen LogP) is 11.5.